The van der Waals surface area contributed by atoms with E-state index in [1.165, 1.54) is 12.3 Å². The number of hydrogen-bond acceptors (Lipinski definition) is 6. The number of halogens is 1. The standard InChI is InChI=1S/C14H20FN5.C5H10O2/c1-9(2)10-3-5-19(6-4-10)13-7-11(15)12-8-17-14(16)18-20(12)13;6-5-2-1-3-7-4-5/h7-10H,3-6H2,1-2H3,(H2,16,18);5-6H,1-4H2. The van der Waals surface area contributed by atoms with Gasteiger partial charge < -0.3 is 20.5 Å². The molecular weight excluding hydrogens is 349 g/mol. The zero-order valence-corrected chi connectivity index (χ0v) is 16.1. The number of anilines is 2. The van der Waals surface area contributed by atoms with E-state index in [2.05, 4.69) is 28.8 Å². The minimum absolute atomic E-state index is 0.159. The first-order chi connectivity index (χ1) is 13.0. The van der Waals surface area contributed by atoms with Gasteiger partial charge >= 0.3 is 0 Å². The van der Waals surface area contributed by atoms with Crippen LogP contribution in [0, 0.1) is 17.7 Å². The lowest BCUT2D eigenvalue weighted by Crippen LogP contribution is -2.36. The van der Waals surface area contributed by atoms with E-state index < -0.39 is 0 Å². The molecule has 0 aromatic carbocycles. The highest BCUT2D eigenvalue weighted by molar-refractivity contribution is 5.58. The molecule has 0 saturated carbocycles. The van der Waals surface area contributed by atoms with Crippen molar-refractivity contribution in [2.45, 2.75) is 45.6 Å². The maximum Gasteiger partial charge on any atom is 0.238 e. The number of nitrogens with zero attached hydrogens (tertiary/aromatic N) is 4. The van der Waals surface area contributed by atoms with Crippen LogP contribution in [0.3, 0.4) is 0 Å². The van der Waals surface area contributed by atoms with Gasteiger partial charge in [0.2, 0.25) is 5.95 Å². The molecule has 4 heterocycles. The zero-order chi connectivity index (χ0) is 19.4. The summed E-state index contributed by atoms with van der Waals surface area (Å²) in [6.07, 6.45) is 5.44. The summed E-state index contributed by atoms with van der Waals surface area (Å²) in [4.78, 5) is 6.03. The van der Waals surface area contributed by atoms with Gasteiger partial charge in [-0.05, 0) is 37.5 Å². The fourth-order valence-electron chi connectivity index (χ4n) is 3.69. The highest BCUT2D eigenvalue weighted by Crippen LogP contribution is 2.29. The fourth-order valence-corrected chi connectivity index (χ4v) is 3.69. The molecule has 1 atom stereocenters. The molecule has 0 amide bonds. The Morgan fingerprint density at radius 1 is 1.30 bits per heavy atom. The Balaban J connectivity index is 0.000000253. The van der Waals surface area contributed by atoms with E-state index in [0.29, 0.717) is 18.0 Å². The topological polar surface area (TPSA) is 88.9 Å². The fraction of sp³-hybridized carbons (Fsp3) is 0.684. The number of fused-ring (bicyclic) bond motifs is 1. The first-order valence-corrected chi connectivity index (χ1v) is 9.76. The lowest BCUT2D eigenvalue weighted by atomic mass is 9.87. The Hall–Kier alpha value is -1.93. The summed E-state index contributed by atoms with van der Waals surface area (Å²) in [6, 6.07) is 1.53. The van der Waals surface area contributed by atoms with Gasteiger partial charge in [-0.3, -0.25) is 0 Å². The lowest BCUT2D eigenvalue weighted by molar-refractivity contribution is -0.00535. The highest BCUT2D eigenvalue weighted by atomic mass is 19.1. The third-order valence-corrected chi connectivity index (χ3v) is 5.41. The van der Waals surface area contributed by atoms with Crippen molar-refractivity contribution in [3.05, 3.63) is 18.1 Å². The molecule has 150 valence electrons. The van der Waals surface area contributed by atoms with Crippen molar-refractivity contribution < 1.29 is 14.2 Å². The van der Waals surface area contributed by atoms with Gasteiger partial charge in [0.05, 0.1) is 18.9 Å². The Labute approximate surface area is 159 Å². The van der Waals surface area contributed by atoms with E-state index in [-0.39, 0.29) is 17.9 Å². The van der Waals surface area contributed by atoms with Gasteiger partial charge in [0, 0.05) is 25.8 Å². The molecule has 0 aliphatic carbocycles. The first kappa shape index (κ1) is 19.8. The average Bonchev–Trinajstić information content (AvgIpc) is 2.99. The van der Waals surface area contributed by atoms with Crippen LogP contribution in [-0.4, -0.2) is 52.1 Å². The van der Waals surface area contributed by atoms with Crippen LogP contribution < -0.4 is 10.6 Å². The molecule has 0 bridgehead atoms. The summed E-state index contributed by atoms with van der Waals surface area (Å²) >= 11 is 0. The molecule has 4 rings (SSSR count). The highest BCUT2D eigenvalue weighted by Gasteiger charge is 2.24. The molecule has 0 spiro atoms. The number of rotatable bonds is 2. The summed E-state index contributed by atoms with van der Waals surface area (Å²) in [5, 5.41) is 12.9. The van der Waals surface area contributed by atoms with E-state index in [9.17, 15) is 4.39 Å². The second-order valence-corrected chi connectivity index (χ2v) is 7.70. The summed E-state index contributed by atoms with van der Waals surface area (Å²) in [5.41, 5.74) is 5.98. The van der Waals surface area contributed by atoms with Crippen LogP contribution in [0.1, 0.15) is 39.5 Å². The predicted octanol–water partition coefficient (Wildman–Crippen LogP) is 2.48. The lowest BCUT2D eigenvalue weighted by Gasteiger charge is -2.34. The van der Waals surface area contributed by atoms with Crippen LogP contribution in [0.5, 0.6) is 0 Å². The molecule has 2 aliphatic heterocycles. The number of hydrogen-bond donors (Lipinski definition) is 2. The predicted molar refractivity (Wildman–Crippen MR) is 103 cm³/mol. The molecule has 0 radical (unpaired) electrons. The minimum atomic E-state index is -0.300. The van der Waals surface area contributed by atoms with Gasteiger partial charge in [0.25, 0.3) is 0 Å². The monoisotopic (exact) mass is 379 g/mol. The number of aliphatic hydroxyl groups is 1. The quantitative estimate of drug-likeness (QED) is 0.833. The van der Waals surface area contributed by atoms with Gasteiger partial charge in [-0.2, -0.15) is 0 Å². The number of nitrogens with two attached hydrogens (primary N) is 1. The van der Waals surface area contributed by atoms with Crippen molar-refractivity contribution in [2.75, 3.05) is 36.9 Å². The third kappa shape index (κ3) is 4.87. The molecule has 2 saturated heterocycles. The summed E-state index contributed by atoms with van der Waals surface area (Å²) in [6.45, 7) is 7.76. The third-order valence-electron chi connectivity index (χ3n) is 5.41. The van der Waals surface area contributed by atoms with Crippen LogP contribution in [0.4, 0.5) is 16.2 Å². The number of aromatic nitrogens is 3. The second kappa shape index (κ2) is 8.84. The summed E-state index contributed by atoms with van der Waals surface area (Å²) < 4.78 is 20.4. The summed E-state index contributed by atoms with van der Waals surface area (Å²) in [5.74, 6) is 2.09. The van der Waals surface area contributed by atoms with Crippen molar-refractivity contribution in [3.8, 4) is 0 Å². The van der Waals surface area contributed by atoms with Crippen molar-refractivity contribution in [2.24, 2.45) is 11.8 Å². The number of aliphatic hydroxyl groups excluding tert-OH is 1. The Morgan fingerprint density at radius 2 is 2.04 bits per heavy atom. The normalized spacial score (nSPS) is 21.4. The molecule has 7 nitrogen and oxygen atoms in total. The van der Waals surface area contributed by atoms with Crippen molar-refractivity contribution >= 4 is 17.3 Å². The van der Waals surface area contributed by atoms with E-state index in [1.54, 1.807) is 4.52 Å². The SMILES string of the molecule is CC(C)C1CCN(c2cc(F)c3cnc(N)nn23)CC1.OC1CCCOC1. The van der Waals surface area contributed by atoms with Gasteiger partial charge in [0.15, 0.2) is 5.82 Å². The van der Waals surface area contributed by atoms with Crippen LogP contribution in [-0.2, 0) is 4.74 Å². The number of nitrogen functional groups attached to an aromatic ring is 1. The molecule has 8 heteroatoms. The van der Waals surface area contributed by atoms with E-state index in [4.69, 9.17) is 15.6 Å². The first-order valence-electron chi connectivity index (χ1n) is 9.76. The molecule has 27 heavy (non-hydrogen) atoms. The Bertz CT molecular complexity index is 737. The van der Waals surface area contributed by atoms with Crippen LogP contribution in [0.2, 0.25) is 0 Å². The maximum atomic E-state index is 13.9. The molecular formula is C19H30FN5O2. The molecule has 3 N–H and O–H groups in total. The largest absolute Gasteiger partial charge is 0.391 e. The van der Waals surface area contributed by atoms with Crippen LogP contribution in [0.25, 0.3) is 5.52 Å². The molecule has 2 aromatic heterocycles. The molecule has 2 aliphatic rings. The van der Waals surface area contributed by atoms with Crippen LogP contribution in [0.15, 0.2) is 12.3 Å². The average molecular weight is 379 g/mol. The maximum absolute atomic E-state index is 13.9. The van der Waals surface area contributed by atoms with Crippen molar-refractivity contribution in [1.29, 1.82) is 0 Å². The minimum Gasteiger partial charge on any atom is -0.391 e. The Morgan fingerprint density at radius 3 is 2.59 bits per heavy atom. The van der Waals surface area contributed by atoms with Crippen LogP contribution >= 0.6 is 0 Å². The number of ether oxygens (including phenoxy) is 1. The number of piperidine rings is 1. The Kier molecular flexibility index (Phi) is 6.49. The summed E-state index contributed by atoms with van der Waals surface area (Å²) in [7, 11) is 0. The van der Waals surface area contributed by atoms with Gasteiger partial charge in [-0.15, -0.1) is 5.10 Å². The van der Waals surface area contributed by atoms with Gasteiger partial charge in [-0.1, -0.05) is 13.8 Å². The van der Waals surface area contributed by atoms with E-state index in [1.807, 2.05) is 0 Å². The van der Waals surface area contributed by atoms with Crippen molar-refractivity contribution in [1.82, 2.24) is 14.6 Å². The van der Waals surface area contributed by atoms with E-state index in [0.717, 1.165) is 57.1 Å². The zero-order valence-electron chi connectivity index (χ0n) is 16.1. The van der Waals surface area contributed by atoms with Gasteiger partial charge in [-0.25, -0.2) is 13.9 Å². The smallest absolute Gasteiger partial charge is 0.238 e. The molecule has 2 aromatic rings. The molecule has 2 fully saturated rings. The molecule has 1 unspecified atom stereocenters. The van der Waals surface area contributed by atoms with Gasteiger partial charge in [0.1, 0.15) is 11.3 Å². The van der Waals surface area contributed by atoms with Crippen molar-refractivity contribution in [3.63, 3.8) is 0 Å². The van der Waals surface area contributed by atoms with E-state index >= 15 is 0 Å². The second-order valence-electron chi connectivity index (χ2n) is 7.70.